The van der Waals surface area contributed by atoms with Gasteiger partial charge in [0.25, 0.3) is 5.56 Å². The van der Waals surface area contributed by atoms with E-state index in [1.807, 2.05) is 11.8 Å². The van der Waals surface area contributed by atoms with E-state index in [0.29, 0.717) is 34.2 Å². The molecule has 0 spiro atoms. The number of rotatable bonds is 6. The smallest absolute Gasteiger partial charge is 0.262 e. The molecule has 1 aliphatic heterocycles. The first-order valence-corrected chi connectivity index (χ1v) is 9.91. The van der Waals surface area contributed by atoms with Crippen LogP contribution < -0.4 is 5.56 Å². The summed E-state index contributed by atoms with van der Waals surface area (Å²) >= 11 is 7.37. The van der Waals surface area contributed by atoms with Crippen molar-refractivity contribution >= 4 is 40.2 Å². The molecule has 0 N–H and O–H groups in total. The quantitative estimate of drug-likeness (QED) is 0.556. The molecular weight excluding hydrogens is 374 g/mol. The summed E-state index contributed by atoms with van der Waals surface area (Å²) in [5, 5.41) is 1.23. The lowest BCUT2D eigenvalue weighted by Crippen LogP contribution is -2.35. The van der Waals surface area contributed by atoms with Crippen molar-refractivity contribution in [2.24, 2.45) is 0 Å². The van der Waals surface area contributed by atoms with Crippen molar-refractivity contribution in [2.45, 2.75) is 36.7 Å². The Morgan fingerprint density at radius 3 is 2.81 bits per heavy atom. The number of fused-ring (bicyclic) bond motifs is 1. The third-order valence-corrected chi connectivity index (χ3v) is 5.76. The van der Waals surface area contributed by atoms with Crippen molar-refractivity contribution < 1.29 is 9.53 Å². The summed E-state index contributed by atoms with van der Waals surface area (Å²) in [6.07, 6.45) is 2.10. The summed E-state index contributed by atoms with van der Waals surface area (Å²) in [5.41, 5.74) is 0.395. The van der Waals surface area contributed by atoms with Crippen LogP contribution in [0.15, 0.2) is 28.2 Å². The predicted molar refractivity (Wildman–Crippen MR) is 104 cm³/mol. The summed E-state index contributed by atoms with van der Waals surface area (Å²) in [6.45, 7) is 4.25. The number of carbonyl (C=O) groups is 1. The molecule has 0 aliphatic carbocycles. The van der Waals surface area contributed by atoms with Gasteiger partial charge in [0.2, 0.25) is 5.91 Å². The zero-order valence-corrected chi connectivity index (χ0v) is 16.5. The number of halogens is 1. The van der Waals surface area contributed by atoms with Crippen LogP contribution in [0.1, 0.15) is 19.8 Å². The monoisotopic (exact) mass is 395 g/mol. The van der Waals surface area contributed by atoms with Gasteiger partial charge >= 0.3 is 0 Å². The van der Waals surface area contributed by atoms with Crippen molar-refractivity contribution in [2.75, 3.05) is 26.8 Å². The SMILES string of the molecule is COCCn1c(SC(C)C(=O)N2CCCC2)nc2cc(Cl)ccc2c1=O. The maximum Gasteiger partial charge on any atom is 0.262 e. The lowest BCUT2D eigenvalue weighted by atomic mass is 10.2. The van der Waals surface area contributed by atoms with E-state index in [1.165, 1.54) is 11.8 Å². The molecule has 1 unspecified atom stereocenters. The highest BCUT2D eigenvalue weighted by Crippen LogP contribution is 2.26. The number of benzene rings is 1. The van der Waals surface area contributed by atoms with Gasteiger partial charge in [-0.15, -0.1) is 0 Å². The molecule has 1 aliphatic rings. The van der Waals surface area contributed by atoms with Gasteiger partial charge in [0, 0.05) is 25.2 Å². The fraction of sp³-hybridized carbons (Fsp3) is 0.500. The van der Waals surface area contributed by atoms with E-state index in [-0.39, 0.29) is 16.7 Å². The second kappa shape index (κ2) is 8.41. The lowest BCUT2D eigenvalue weighted by Gasteiger charge is -2.21. The highest BCUT2D eigenvalue weighted by atomic mass is 35.5. The zero-order chi connectivity index (χ0) is 18.7. The van der Waals surface area contributed by atoms with Crippen LogP contribution in [-0.4, -0.2) is 52.4 Å². The highest BCUT2D eigenvalue weighted by molar-refractivity contribution is 8.00. The number of ether oxygens (including phenoxy) is 1. The molecule has 0 saturated carbocycles. The Bertz CT molecular complexity index is 865. The Morgan fingerprint density at radius 2 is 2.12 bits per heavy atom. The van der Waals surface area contributed by atoms with E-state index in [0.717, 1.165) is 25.9 Å². The standard InChI is InChI=1S/C18H22ClN3O3S/c1-12(16(23)21-7-3-4-8-21)26-18-20-15-11-13(19)5-6-14(15)17(24)22(18)9-10-25-2/h5-6,11-12H,3-4,7-10H2,1-2H3. The number of hydrogen-bond donors (Lipinski definition) is 0. The summed E-state index contributed by atoms with van der Waals surface area (Å²) < 4.78 is 6.71. The molecule has 0 radical (unpaired) electrons. The molecule has 0 bridgehead atoms. The number of carbonyl (C=O) groups excluding carboxylic acids is 1. The van der Waals surface area contributed by atoms with Crippen LogP contribution in [-0.2, 0) is 16.1 Å². The first-order chi connectivity index (χ1) is 12.5. The Kier molecular flexibility index (Phi) is 6.21. The van der Waals surface area contributed by atoms with Crippen molar-refractivity contribution in [3.63, 3.8) is 0 Å². The molecule has 8 heteroatoms. The maximum atomic E-state index is 12.9. The number of amides is 1. The molecule has 1 aromatic carbocycles. The van der Waals surface area contributed by atoms with E-state index in [4.69, 9.17) is 16.3 Å². The largest absolute Gasteiger partial charge is 0.383 e. The van der Waals surface area contributed by atoms with Crippen LogP contribution in [0.25, 0.3) is 10.9 Å². The lowest BCUT2D eigenvalue weighted by molar-refractivity contribution is -0.129. The third-order valence-electron chi connectivity index (χ3n) is 4.45. The number of likely N-dealkylation sites (tertiary alicyclic amines) is 1. The summed E-state index contributed by atoms with van der Waals surface area (Å²) in [7, 11) is 1.59. The number of hydrogen-bond acceptors (Lipinski definition) is 5. The Balaban J connectivity index is 1.96. The van der Waals surface area contributed by atoms with Crippen LogP contribution in [0, 0.1) is 0 Å². The zero-order valence-electron chi connectivity index (χ0n) is 14.9. The van der Waals surface area contributed by atoms with E-state index in [9.17, 15) is 9.59 Å². The molecule has 2 aromatic rings. The molecule has 2 heterocycles. The van der Waals surface area contributed by atoms with Crippen LogP contribution in [0.2, 0.25) is 5.02 Å². The Labute approximate surface area is 161 Å². The second-order valence-corrected chi connectivity index (χ2v) is 8.04. The normalized spacial score (nSPS) is 15.6. The minimum atomic E-state index is -0.314. The van der Waals surface area contributed by atoms with Gasteiger partial charge in [-0.3, -0.25) is 14.2 Å². The Morgan fingerprint density at radius 1 is 1.38 bits per heavy atom. The van der Waals surface area contributed by atoms with Gasteiger partial charge in [-0.1, -0.05) is 23.4 Å². The molecule has 1 aromatic heterocycles. The van der Waals surface area contributed by atoms with Crippen LogP contribution in [0.3, 0.4) is 0 Å². The first-order valence-electron chi connectivity index (χ1n) is 8.65. The second-order valence-electron chi connectivity index (χ2n) is 6.30. The number of methoxy groups -OCH3 is 1. The number of nitrogens with zero attached hydrogens (tertiary/aromatic N) is 3. The van der Waals surface area contributed by atoms with Crippen molar-refractivity contribution in [3.8, 4) is 0 Å². The van der Waals surface area contributed by atoms with Crippen molar-refractivity contribution in [1.29, 1.82) is 0 Å². The highest BCUT2D eigenvalue weighted by Gasteiger charge is 2.25. The van der Waals surface area contributed by atoms with Crippen LogP contribution in [0.5, 0.6) is 0 Å². The fourth-order valence-corrected chi connectivity index (χ4v) is 4.23. The molecule has 140 valence electrons. The molecule has 1 amide bonds. The van der Waals surface area contributed by atoms with E-state index >= 15 is 0 Å². The average molecular weight is 396 g/mol. The molecular formula is C18H22ClN3O3S. The number of thioether (sulfide) groups is 1. The van der Waals surface area contributed by atoms with Gasteiger partial charge in [0.1, 0.15) is 0 Å². The van der Waals surface area contributed by atoms with Gasteiger partial charge in [0.15, 0.2) is 5.16 Å². The molecule has 1 atom stereocenters. The molecule has 6 nitrogen and oxygen atoms in total. The van der Waals surface area contributed by atoms with Crippen molar-refractivity contribution in [1.82, 2.24) is 14.5 Å². The van der Waals surface area contributed by atoms with Gasteiger partial charge in [-0.2, -0.15) is 0 Å². The first kappa shape index (κ1) is 19.2. The predicted octanol–water partition coefficient (Wildman–Crippen LogP) is 2.80. The average Bonchev–Trinajstić information content (AvgIpc) is 3.15. The van der Waals surface area contributed by atoms with Crippen LogP contribution >= 0.6 is 23.4 Å². The number of aromatic nitrogens is 2. The van der Waals surface area contributed by atoms with E-state index in [2.05, 4.69) is 4.98 Å². The minimum Gasteiger partial charge on any atom is -0.383 e. The summed E-state index contributed by atoms with van der Waals surface area (Å²) in [6, 6.07) is 5.04. The van der Waals surface area contributed by atoms with E-state index in [1.54, 1.807) is 29.9 Å². The topological polar surface area (TPSA) is 64.4 Å². The van der Waals surface area contributed by atoms with Crippen LogP contribution in [0.4, 0.5) is 0 Å². The third kappa shape index (κ3) is 4.05. The molecule has 26 heavy (non-hydrogen) atoms. The van der Waals surface area contributed by atoms with Gasteiger partial charge in [-0.25, -0.2) is 4.98 Å². The summed E-state index contributed by atoms with van der Waals surface area (Å²) in [5.74, 6) is 0.0891. The van der Waals surface area contributed by atoms with Gasteiger partial charge in [0.05, 0.1) is 29.3 Å². The minimum absolute atomic E-state index is 0.0891. The summed E-state index contributed by atoms with van der Waals surface area (Å²) in [4.78, 5) is 32.0. The molecule has 1 fully saturated rings. The molecule has 3 rings (SSSR count). The Hall–Kier alpha value is -1.57. The van der Waals surface area contributed by atoms with Gasteiger partial charge in [-0.05, 0) is 38.0 Å². The van der Waals surface area contributed by atoms with E-state index < -0.39 is 0 Å². The maximum absolute atomic E-state index is 12.9. The fourth-order valence-electron chi connectivity index (χ4n) is 3.05. The van der Waals surface area contributed by atoms with Crippen molar-refractivity contribution in [3.05, 3.63) is 33.6 Å². The molecule has 1 saturated heterocycles. The van der Waals surface area contributed by atoms with Gasteiger partial charge < -0.3 is 9.64 Å².